The summed E-state index contributed by atoms with van der Waals surface area (Å²) in [6.45, 7) is -0.240. The lowest BCUT2D eigenvalue weighted by Crippen LogP contribution is -2.44. The molecule has 0 spiro atoms. The van der Waals surface area contributed by atoms with Gasteiger partial charge in [0.2, 0.25) is 0 Å². The van der Waals surface area contributed by atoms with Crippen LogP contribution in [0.4, 0.5) is 5.69 Å². The van der Waals surface area contributed by atoms with Crippen LogP contribution < -0.4 is 4.90 Å². The summed E-state index contributed by atoms with van der Waals surface area (Å²) in [5, 5.41) is 15.6. The molecule has 1 saturated heterocycles. The second-order valence-corrected chi connectivity index (χ2v) is 10.9. The number of rotatable bonds is 5. The van der Waals surface area contributed by atoms with E-state index < -0.39 is 23.9 Å². The molecule has 1 fully saturated rings. The summed E-state index contributed by atoms with van der Waals surface area (Å²) in [4.78, 5) is 41.1. The number of hydrogen-bond donors (Lipinski definition) is 0. The molecule has 3 amide bonds. The molecular formula is C27H20Br2N6O3. The molecule has 3 aromatic carbocycles. The van der Waals surface area contributed by atoms with Crippen LogP contribution in [0.5, 0.6) is 0 Å². The lowest BCUT2D eigenvalue weighted by atomic mass is 9.98. The molecule has 3 atom stereocenters. The van der Waals surface area contributed by atoms with Gasteiger partial charge in [0.15, 0.2) is 12.1 Å². The smallest absolute Gasteiger partial charge is 0.264 e. The van der Waals surface area contributed by atoms with Gasteiger partial charge in [-0.2, -0.15) is 10.2 Å². The molecule has 38 heavy (non-hydrogen) atoms. The first-order valence-corrected chi connectivity index (χ1v) is 13.5. The maximum Gasteiger partial charge on any atom is 0.264 e. The number of fused-ring (bicyclic) bond motifs is 1. The van der Waals surface area contributed by atoms with Crippen molar-refractivity contribution in [3.63, 3.8) is 0 Å². The van der Waals surface area contributed by atoms with Gasteiger partial charge in [0, 0.05) is 15.4 Å². The van der Waals surface area contributed by atoms with Gasteiger partial charge in [0.05, 0.1) is 17.4 Å². The van der Waals surface area contributed by atoms with E-state index in [4.69, 9.17) is 5.10 Å². The zero-order chi connectivity index (χ0) is 26.4. The van der Waals surface area contributed by atoms with Crippen molar-refractivity contribution >= 4 is 61.0 Å². The number of carbonyl (C=O) groups is 3. The molecule has 3 heterocycles. The van der Waals surface area contributed by atoms with Gasteiger partial charge in [0.1, 0.15) is 6.54 Å². The van der Waals surface area contributed by atoms with Crippen molar-refractivity contribution in [3.8, 4) is 0 Å². The summed E-state index contributed by atoms with van der Waals surface area (Å²) >= 11 is 6.83. The number of anilines is 1. The molecular weight excluding hydrogens is 616 g/mol. The fourth-order valence-electron chi connectivity index (χ4n) is 4.93. The average molecular weight is 636 g/mol. The van der Waals surface area contributed by atoms with Crippen LogP contribution in [-0.2, 0) is 14.4 Å². The van der Waals surface area contributed by atoms with Gasteiger partial charge in [-0.05, 0) is 41.5 Å². The molecule has 0 bridgehead atoms. The monoisotopic (exact) mass is 634 g/mol. The van der Waals surface area contributed by atoms with Gasteiger partial charge in [-0.15, -0.1) is 0 Å². The third-order valence-electron chi connectivity index (χ3n) is 6.75. The first kappa shape index (κ1) is 24.6. The van der Waals surface area contributed by atoms with Crippen molar-refractivity contribution in [3.05, 3.63) is 98.9 Å². The third-order valence-corrected chi connectivity index (χ3v) is 7.77. The maximum absolute atomic E-state index is 13.6. The van der Waals surface area contributed by atoms with E-state index in [1.165, 1.54) is 10.0 Å². The lowest BCUT2D eigenvalue weighted by Gasteiger charge is -2.25. The normalized spacial score (nSPS) is 22.3. The van der Waals surface area contributed by atoms with Gasteiger partial charge in [-0.1, -0.05) is 85.6 Å². The number of imide groups is 1. The molecule has 0 aromatic heterocycles. The topological polar surface area (TPSA) is 98.0 Å². The SMILES string of the molecule is O=C1[C@H]2N=NN(CC(=O)N3N=C(c4ccc(Br)cc4)C[C@@H]3c3ccccc3)[C@@H]2C(=O)N1c1cccc(Br)c1. The Morgan fingerprint density at radius 1 is 0.895 bits per heavy atom. The van der Waals surface area contributed by atoms with E-state index in [-0.39, 0.29) is 18.5 Å². The minimum absolute atomic E-state index is 0.240. The molecule has 0 N–H and O–H groups in total. The summed E-state index contributed by atoms with van der Waals surface area (Å²) in [5.41, 5.74) is 3.10. The summed E-state index contributed by atoms with van der Waals surface area (Å²) < 4.78 is 1.69. The summed E-state index contributed by atoms with van der Waals surface area (Å²) in [5.74, 6) is -1.27. The predicted molar refractivity (Wildman–Crippen MR) is 147 cm³/mol. The highest BCUT2D eigenvalue weighted by atomic mass is 79.9. The Morgan fingerprint density at radius 3 is 2.39 bits per heavy atom. The largest absolute Gasteiger partial charge is 0.271 e. The Bertz CT molecular complexity index is 1490. The number of halogens is 2. The van der Waals surface area contributed by atoms with E-state index in [0.29, 0.717) is 12.1 Å². The number of benzene rings is 3. The highest BCUT2D eigenvalue weighted by Gasteiger charge is 2.55. The summed E-state index contributed by atoms with van der Waals surface area (Å²) in [6, 6.07) is 22.1. The van der Waals surface area contributed by atoms with Gasteiger partial charge in [-0.25, -0.2) is 9.91 Å². The molecule has 0 unspecified atom stereocenters. The molecule has 3 aromatic rings. The fourth-order valence-corrected chi connectivity index (χ4v) is 5.58. The molecule has 0 saturated carbocycles. The second kappa shape index (κ2) is 9.88. The quantitative estimate of drug-likeness (QED) is 0.373. The van der Waals surface area contributed by atoms with Crippen LogP contribution in [0.2, 0.25) is 0 Å². The van der Waals surface area contributed by atoms with Gasteiger partial charge < -0.3 is 0 Å². The van der Waals surface area contributed by atoms with Crippen LogP contribution in [-0.4, -0.2) is 52.1 Å². The third kappa shape index (κ3) is 4.35. The van der Waals surface area contributed by atoms with Crippen LogP contribution in [0, 0.1) is 0 Å². The van der Waals surface area contributed by atoms with E-state index >= 15 is 0 Å². The molecule has 9 nitrogen and oxygen atoms in total. The Kier molecular flexibility index (Phi) is 6.40. The van der Waals surface area contributed by atoms with E-state index in [1.54, 1.807) is 18.2 Å². The Hall–Kier alpha value is -3.70. The van der Waals surface area contributed by atoms with E-state index in [2.05, 4.69) is 42.2 Å². The molecule has 190 valence electrons. The minimum Gasteiger partial charge on any atom is -0.271 e. The van der Waals surface area contributed by atoms with Crippen molar-refractivity contribution in [2.75, 3.05) is 11.4 Å². The van der Waals surface area contributed by atoms with Crippen molar-refractivity contribution in [1.82, 2.24) is 10.0 Å². The number of hydrogen-bond acceptors (Lipinski definition) is 7. The molecule has 0 radical (unpaired) electrons. The Labute approximate surface area is 235 Å². The summed E-state index contributed by atoms with van der Waals surface area (Å²) in [6.07, 6.45) is 0.541. The Balaban J connectivity index is 1.26. The van der Waals surface area contributed by atoms with E-state index in [0.717, 1.165) is 30.7 Å². The molecule has 11 heteroatoms. The van der Waals surface area contributed by atoms with Crippen LogP contribution in [0.15, 0.2) is 103 Å². The van der Waals surface area contributed by atoms with E-state index in [9.17, 15) is 14.4 Å². The molecule has 6 rings (SSSR count). The second-order valence-electron chi connectivity index (χ2n) is 9.11. The zero-order valence-electron chi connectivity index (χ0n) is 19.8. The molecule has 0 aliphatic carbocycles. The summed E-state index contributed by atoms with van der Waals surface area (Å²) in [7, 11) is 0. The van der Waals surface area contributed by atoms with Gasteiger partial charge in [-0.3, -0.25) is 19.4 Å². The van der Waals surface area contributed by atoms with Gasteiger partial charge in [0.25, 0.3) is 17.7 Å². The number of amides is 3. The number of nitrogens with zero attached hydrogens (tertiary/aromatic N) is 6. The lowest BCUT2D eigenvalue weighted by molar-refractivity contribution is -0.135. The van der Waals surface area contributed by atoms with Gasteiger partial charge >= 0.3 is 0 Å². The first-order valence-electron chi connectivity index (χ1n) is 11.9. The zero-order valence-corrected chi connectivity index (χ0v) is 23.0. The standard InChI is InChI=1S/C27H20Br2N6O3/c28-18-11-9-16(10-12-18)21-14-22(17-5-2-1-3-6-17)35(31-21)23(36)15-33-25-24(30-32-33)26(37)34(27(25)38)20-8-4-7-19(29)13-20/h1-13,22,24-25H,14-15H2/t22-,24+,25+/m1/s1. The molecule has 3 aliphatic heterocycles. The maximum atomic E-state index is 13.6. The van der Waals surface area contributed by atoms with Crippen molar-refractivity contribution < 1.29 is 14.4 Å². The van der Waals surface area contributed by atoms with Crippen LogP contribution in [0.25, 0.3) is 0 Å². The minimum atomic E-state index is -0.986. The average Bonchev–Trinajstić information content (AvgIpc) is 3.60. The first-order chi connectivity index (χ1) is 18.4. The van der Waals surface area contributed by atoms with Crippen molar-refractivity contribution in [2.45, 2.75) is 24.5 Å². The number of hydrazone groups is 1. The molecule has 3 aliphatic rings. The van der Waals surface area contributed by atoms with Crippen molar-refractivity contribution in [2.24, 2.45) is 15.4 Å². The van der Waals surface area contributed by atoms with E-state index in [1.807, 2.05) is 60.7 Å². The van der Waals surface area contributed by atoms with Crippen molar-refractivity contribution in [1.29, 1.82) is 0 Å². The van der Waals surface area contributed by atoms with Crippen LogP contribution in [0.3, 0.4) is 0 Å². The van der Waals surface area contributed by atoms with Crippen LogP contribution >= 0.6 is 31.9 Å². The number of carbonyl (C=O) groups excluding carboxylic acids is 3. The van der Waals surface area contributed by atoms with Crippen LogP contribution in [0.1, 0.15) is 23.6 Å². The predicted octanol–water partition coefficient (Wildman–Crippen LogP) is 4.88. The Morgan fingerprint density at radius 2 is 1.66 bits per heavy atom. The fraction of sp³-hybridized carbons (Fsp3) is 0.185. The highest BCUT2D eigenvalue weighted by Crippen LogP contribution is 2.35. The highest BCUT2D eigenvalue weighted by molar-refractivity contribution is 9.10.